The third-order valence-corrected chi connectivity index (χ3v) is 3.64. The summed E-state index contributed by atoms with van der Waals surface area (Å²) in [5.41, 5.74) is 1.45. The second-order valence-electron chi connectivity index (χ2n) is 5.25. The van der Waals surface area contributed by atoms with Crippen LogP contribution in [0.1, 0.15) is 21.5 Å². The maximum absolute atomic E-state index is 13.0. The number of aliphatic carboxylic acids is 1. The highest BCUT2D eigenvalue weighted by Gasteiger charge is 2.35. The number of fused-ring (bicyclic) bond motifs is 1. The summed E-state index contributed by atoms with van der Waals surface area (Å²) in [6.07, 6.45) is 1.52. The average molecular weight is 325 g/mol. The zero-order chi connectivity index (χ0) is 17.3. The molecule has 24 heavy (non-hydrogen) atoms. The molecule has 2 amide bonds. The molecule has 0 atom stereocenters. The normalized spacial score (nSPS) is 15.5. The van der Waals surface area contributed by atoms with Crippen molar-refractivity contribution in [2.24, 2.45) is 0 Å². The number of halogens is 1. The molecule has 0 fully saturated rings. The Morgan fingerprint density at radius 1 is 1.00 bits per heavy atom. The van der Waals surface area contributed by atoms with E-state index in [4.69, 9.17) is 5.11 Å². The van der Waals surface area contributed by atoms with Crippen LogP contribution in [-0.4, -0.2) is 34.3 Å². The van der Waals surface area contributed by atoms with Crippen molar-refractivity contribution >= 4 is 29.4 Å². The lowest BCUT2D eigenvalue weighted by Gasteiger charge is -2.27. The second kappa shape index (κ2) is 6.08. The van der Waals surface area contributed by atoms with Crippen molar-refractivity contribution in [3.8, 4) is 0 Å². The van der Waals surface area contributed by atoms with Gasteiger partial charge in [0.25, 0.3) is 11.8 Å². The van der Waals surface area contributed by atoms with E-state index < -0.39 is 30.1 Å². The van der Waals surface area contributed by atoms with Gasteiger partial charge in [-0.25, -0.2) is 4.39 Å². The number of nitrogens with zero attached hydrogens (tertiary/aromatic N) is 1. The van der Waals surface area contributed by atoms with Gasteiger partial charge in [-0.3, -0.25) is 19.3 Å². The summed E-state index contributed by atoms with van der Waals surface area (Å²) < 4.78 is 13.0. The highest BCUT2D eigenvalue weighted by molar-refractivity contribution is 6.34. The van der Waals surface area contributed by atoms with Gasteiger partial charge in [0.05, 0.1) is 0 Å². The van der Waals surface area contributed by atoms with Gasteiger partial charge in [0.1, 0.15) is 12.4 Å². The van der Waals surface area contributed by atoms with Crippen LogP contribution in [0, 0.1) is 5.82 Å². The molecule has 0 unspecified atom stereocenters. The number of carboxylic acids is 1. The number of carbonyl (C=O) groups is 3. The Balaban J connectivity index is 2.14. The Morgan fingerprint density at radius 2 is 1.62 bits per heavy atom. The van der Waals surface area contributed by atoms with E-state index in [2.05, 4.69) is 0 Å². The maximum atomic E-state index is 13.0. The molecular weight excluding hydrogens is 313 g/mol. The van der Waals surface area contributed by atoms with E-state index >= 15 is 0 Å². The molecule has 120 valence electrons. The van der Waals surface area contributed by atoms with Crippen molar-refractivity contribution in [3.63, 3.8) is 0 Å². The number of imide groups is 1. The van der Waals surface area contributed by atoms with Crippen molar-refractivity contribution in [1.82, 2.24) is 4.90 Å². The van der Waals surface area contributed by atoms with Crippen LogP contribution in [0.3, 0.4) is 0 Å². The van der Waals surface area contributed by atoms with Gasteiger partial charge in [-0.1, -0.05) is 30.3 Å². The predicted octanol–water partition coefficient (Wildman–Crippen LogP) is 2.43. The second-order valence-corrected chi connectivity index (χ2v) is 5.25. The van der Waals surface area contributed by atoms with Crippen molar-refractivity contribution in [1.29, 1.82) is 0 Å². The highest BCUT2D eigenvalue weighted by Crippen LogP contribution is 2.30. The fraction of sp³-hybridized carbons (Fsp3) is 0.0556. The molecule has 0 aliphatic carbocycles. The van der Waals surface area contributed by atoms with Crippen molar-refractivity contribution in [3.05, 3.63) is 71.0 Å². The number of hydrogen-bond acceptors (Lipinski definition) is 3. The quantitative estimate of drug-likeness (QED) is 0.695. The average Bonchev–Trinajstić information content (AvgIpc) is 2.57. The van der Waals surface area contributed by atoms with Crippen molar-refractivity contribution < 1.29 is 23.9 Å². The number of carboxylic acid groups (broad SMARTS) is 1. The topological polar surface area (TPSA) is 74.7 Å². The Hall–Kier alpha value is -3.28. The van der Waals surface area contributed by atoms with Gasteiger partial charge in [-0.15, -0.1) is 0 Å². The summed E-state index contributed by atoms with van der Waals surface area (Å²) in [5, 5.41) is 8.95. The van der Waals surface area contributed by atoms with Gasteiger partial charge in [-0.2, -0.15) is 0 Å². The number of carbonyl (C=O) groups excluding carboxylic acids is 2. The molecular formula is C18H12FNO4. The van der Waals surface area contributed by atoms with E-state index in [1.54, 1.807) is 18.2 Å². The van der Waals surface area contributed by atoms with Crippen LogP contribution in [-0.2, 0) is 9.59 Å². The molecule has 1 N–H and O–H groups in total. The van der Waals surface area contributed by atoms with Crippen LogP contribution >= 0.6 is 0 Å². The molecule has 6 heteroatoms. The number of hydrogen-bond donors (Lipinski definition) is 1. The SMILES string of the molecule is O=C(O)CN1C(=O)/C(=C\c2ccc(F)cc2)c2ccccc2C1=O. The largest absolute Gasteiger partial charge is 0.480 e. The van der Waals surface area contributed by atoms with Crippen molar-refractivity contribution in [2.75, 3.05) is 6.54 Å². The Labute approximate surface area is 136 Å². The fourth-order valence-corrected chi connectivity index (χ4v) is 2.55. The molecule has 3 rings (SSSR count). The van der Waals surface area contributed by atoms with Crippen LogP contribution in [0.25, 0.3) is 11.6 Å². The third kappa shape index (κ3) is 2.81. The van der Waals surface area contributed by atoms with Gasteiger partial charge in [-0.05, 0) is 35.4 Å². The number of benzene rings is 2. The first-order chi connectivity index (χ1) is 11.5. The van der Waals surface area contributed by atoms with Crippen LogP contribution in [0.4, 0.5) is 4.39 Å². The summed E-state index contributed by atoms with van der Waals surface area (Å²) in [6.45, 7) is -0.716. The van der Waals surface area contributed by atoms with Crippen molar-refractivity contribution in [2.45, 2.75) is 0 Å². The van der Waals surface area contributed by atoms with Gasteiger partial charge in [0.15, 0.2) is 0 Å². The van der Waals surface area contributed by atoms with Gasteiger partial charge in [0, 0.05) is 11.1 Å². The molecule has 0 spiro atoms. The Morgan fingerprint density at radius 3 is 2.25 bits per heavy atom. The molecule has 0 bridgehead atoms. The monoisotopic (exact) mass is 325 g/mol. The summed E-state index contributed by atoms with van der Waals surface area (Å²) in [6, 6.07) is 12.0. The Kier molecular flexibility index (Phi) is 3.95. The van der Waals surface area contributed by atoms with Gasteiger partial charge < -0.3 is 5.11 Å². The van der Waals surface area contributed by atoms with E-state index in [9.17, 15) is 18.8 Å². The van der Waals surface area contributed by atoms with E-state index in [-0.39, 0.29) is 11.1 Å². The molecule has 1 heterocycles. The van der Waals surface area contributed by atoms with E-state index in [1.807, 2.05) is 0 Å². The maximum Gasteiger partial charge on any atom is 0.323 e. The first-order valence-electron chi connectivity index (χ1n) is 7.12. The lowest BCUT2D eigenvalue weighted by Crippen LogP contribution is -2.44. The highest BCUT2D eigenvalue weighted by atomic mass is 19.1. The summed E-state index contributed by atoms with van der Waals surface area (Å²) in [4.78, 5) is 36.6. The minimum Gasteiger partial charge on any atom is -0.480 e. The zero-order valence-electron chi connectivity index (χ0n) is 12.4. The summed E-state index contributed by atoms with van der Waals surface area (Å²) in [7, 11) is 0. The lowest BCUT2D eigenvalue weighted by molar-refractivity contribution is -0.141. The van der Waals surface area contributed by atoms with Crippen LogP contribution < -0.4 is 0 Å². The molecule has 0 aromatic heterocycles. The standard InChI is InChI=1S/C18H12FNO4/c19-12-7-5-11(6-8-12)9-15-13-3-1-2-4-14(13)17(23)20(18(15)24)10-16(21)22/h1-9H,10H2,(H,21,22)/b15-9-. The summed E-state index contributed by atoms with van der Waals surface area (Å²) >= 11 is 0. The number of amides is 2. The Bertz CT molecular complexity index is 871. The number of rotatable bonds is 3. The van der Waals surface area contributed by atoms with Gasteiger partial charge in [0.2, 0.25) is 0 Å². The van der Waals surface area contributed by atoms with Gasteiger partial charge >= 0.3 is 5.97 Å². The third-order valence-electron chi connectivity index (χ3n) is 3.64. The predicted molar refractivity (Wildman–Crippen MR) is 84.4 cm³/mol. The first-order valence-corrected chi connectivity index (χ1v) is 7.12. The van der Waals surface area contributed by atoms with E-state index in [0.29, 0.717) is 16.0 Å². The van der Waals surface area contributed by atoms with Crippen LogP contribution in [0.15, 0.2) is 48.5 Å². The molecule has 2 aromatic rings. The minimum atomic E-state index is -1.28. The smallest absolute Gasteiger partial charge is 0.323 e. The molecule has 2 aromatic carbocycles. The first kappa shape index (κ1) is 15.6. The van der Waals surface area contributed by atoms with Crippen LogP contribution in [0.5, 0.6) is 0 Å². The van der Waals surface area contributed by atoms with E-state index in [1.165, 1.54) is 36.4 Å². The minimum absolute atomic E-state index is 0.193. The molecule has 5 nitrogen and oxygen atoms in total. The van der Waals surface area contributed by atoms with E-state index in [0.717, 1.165) is 0 Å². The molecule has 0 saturated carbocycles. The molecule has 0 saturated heterocycles. The fourth-order valence-electron chi connectivity index (χ4n) is 2.55. The molecule has 0 radical (unpaired) electrons. The molecule has 1 aliphatic rings. The summed E-state index contributed by atoms with van der Waals surface area (Å²) in [5.74, 6) is -3.02. The van der Waals surface area contributed by atoms with Crippen LogP contribution in [0.2, 0.25) is 0 Å². The lowest BCUT2D eigenvalue weighted by atomic mass is 9.92. The molecule has 1 aliphatic heterocycles. The zero-order valence-corrected chi connectivity index (χ0v) is 12.4.